The van der Waals surface area contributed by atoms with Gasteiger partial charge in [0, 0.05) is 28.3 Å². The molecule has 5 rings (SSSR count). The molecule has 8 heteroatoms. The van der Waals surface area contributed by atoms with E-state index >= 15 is 0 Å². The molecule has 0 radical (unpaired) electrons. The third-order valence-electron chi connectivity index (χ3n) is 6.17. The highest BCUT2D eigenvalue weighted by Crippen LogP contribution is 2.31. The van der Waals surface area contributed by atoms with Gasteiger partial charge in [-0.2, -0.15) is 0 Å². The summed E-state index contributed by atoms with van der Waals surface area (Å²) < 4.78 is 7.21. The van der Waals surface area contributed by atoms with Gasteiger partial charge >= 0.3 is 5.63 Å². The smallest absolute Gasteiger partial charge is 0.336 e. The van der Waals surface area contributed by atoms with Crippen LogP contribution in [0.5, 0.6) is 0 Å². The molecule has 34 heavy (non-hydrogen) atoms. The van der Waals surface area contributed by atoms with Crippen LogP contribution in [-0.2, 0) is 12.3 Å². The Balaban J connectivity index is 1.62. The van der Waals surface area contributed by atoms with Gasteiger partial charge in [-0.05, 0) is 62.1 Å². The lowest BCUT2D eigenvalue weighted by molar-refractivity contribution is 0.557. The first-order chi connectivity index (χ1) is 16.3. The lowest BCUT2D eigenvalue weighted by Crippen LogP contribution is -2.24. The summed E-state index contributed by atoms with van der Waals surface area (Å²) in [5.74, 6) is 0.480. The lowest BCUT2D eigenvalue weighted by atomic mass is 10.0. The highest BCUT2D eigenvalue weighted by molar-refractivity contribution is 7.98. The average molecular weight is 490 g/mol. The monoisotopic (exact) mass is 489 g/mol. The summed E-state index contributed by atoms with van der Waals surface area (Å²) in [6, 6.07) is 11.2. The molecule has 0 aliphatic heterocycles. The Morgan fingerprint density at radius 3 is 2.65 bits per heavy atom. The number of pyridine rings is 1. The van der Waals surface area contributed by atoms with Crippen LogP contribution in [-0.4, -0.2) is 14.5 Å². The molecule has 0 amide bonds. The number of nitrogens with zero attached hydrogens (tertiary/aromatic N) is 3. The quantitative estimate of drug-likeness (QED) is 0.183. The number of hydrogen-bond donors (Lipinski definition) is 0. The molecule has 0 aliphatic rings. The van der Waals surface area contributed by atoms with Gasteiger partial charge in [-0.1, -0.05) is 30.0 Å². The number of rotatable bonds is 5. The maximum absolute atomic E-state index is 13.6. The van der Waals surface area contributed by atoms with Crippen molar-refractivity contribution in [3.63, 3.8) is 0 Å². The van der Waals surface area contributed by atoms with Crippen LogP contribution in [0.1, 0.15) is 32.8 Å². The van der Waals surface area contributed by atoms with Crippen molar-refractivity contribution < 1.29 is 4.42 Å². The highest BCUT2D eigenvalue weighted by Gasteiger charge is 2.18. The van der Waals surface area contributed by atoms with E-state index in [1.54, 1.807) is 10.8 Å². The van der Waals surface area contributed by atoms with Crippen molar-refractivity contribution in [2.45, 2.75) is 45.1 Å². The van der Waals surface area contributed by atoms with Crippen molar-refractivity contribution in [1.82, 2.24) is 14.5 Å². The maximum atomic E-state index is 13.6. The molecule has 0 N–H and O–H groups in total. The predicted molar refractivity (Wildman–Crippen MR) is 138 cm³/mol. The first-order valence-electron chi connectivity index (χ1n) is 10.9. The van der Waals surface area contributed by atoms with E-state index in [1.807, 2.05) is 58.0 Å². The zero-order chi connectivity index (χ0) is 24.0. The summed E-state index contributed by atoms with van der Waals surface area (Å²) in [5.41, 5.74) is 4.81. The fourth-order valence-electron chi connectivity index (χ4n) is 4.00. The van der Waals surface area contributed by atoms with Crippen molar-refractivity contribution in [2.24, 2.45) is 0 Å². The third kappa shape index (κ3) is 3.97. The van der Waals surface area contributed by atoms with Crippen LogP contribution in [0, 0.1) is 27.7 Å². The van der Waals surface area contributed by atoms with Crippen LogP contribution < -0.4 is 11.2 Å². The van der Waals surface area contributed by atoms with Crippen molar-refractivity contribution in [1.29, 1.82) is 0 Å². The molecule has 0 saturated carbocycles. The number of fused-ring (bicyclic) bond motifs is 2. The lowest BCUT2D eigenvalue weighted by Gasteiger charge is -2.13. The Kier molecular flexibility index (Phi) is 5.87. The van der Waals surface area contributed by atoms with Crippen LogP contribution in [0.25, 0.3) is 21.2 Å². The van der Waals surface area contributed by atoms with E-state index in [4.69, 9.17) is 9.40 Å². The molecule has 0 fully saturated rings. The van der Waals surface area contributed by atoms with Crippen LogP contribution in [0.3, 0.4) is 0 Å². The van der Waals surface area contributed by atoms with E-state index in [9.17, 15) is 9.59 Å². The molecule has 0 spiro atoms. The molecular formula is C26H23N3O3S2. The first-order valence-corrected chi connectivity index (χ1v) is 12.7. The number of aryl methyl sites for hydroxylation is 4. The molecule has 172 valence electrons. The minimum Gasteiger partial charge on any atom is -0.422 e. The standard InChI is InChI=1S/C26H23N3O3S2/c1-14-8-9-20-18(11-21(30)32-23(20)15(14)2)13-33-26-28-24-22(16(3)17(4)34-24)25(31)29(26)12-19-7-5-6-10-27-19/h5-11H,12-13H2,1-4H3. The Bertz CT molecular complexity index is 1670. The number of benzene rings is 1. The van der Waals surface area contributed by atoms with E-state index in [0.717, 1.165) is 43.0 Å². The van der Waals surface area contributed by atoms with Crippen LogP contribution in [0.15, 0.2) is 61.8 Å². The highest BCUT2D eigenvalue weighted by atomic mass is 32.2. The number of hydrogen-bond acceptors (Lipinski definition) is 7. The number of thiophene rings is 1. The number of thioether (sulfide) groups is 1. The minimum atomic E-state index is -0.379. The second-order valence-corrected chi connectivity index (χ2v) is 10.5. The van der Waals surface area contributed by atoms with Gasteiger partial charge in [-0.3, -0.25) is 14.3 Å². The molecule has 4 aromatic heterocycles. The van der Waals surface area contributed by atoms with E-state index in [-0.39, 0.29) is 11.2 Å². The molecule has 0 unspecified atom stereocenters. The summed E-state index contributed by atoms with van der Waals surface area (Å²) in [6.07, 6.45) is 1.72. The van der Waals surface area contributed by atoms with Crippen LogP contribution in [0.4, 0.5) is 0 Å². The molecule has 0 atom stereocenters. The average Bonchev–Trinajstić information content (AvgIpc) is 3.11. The molecule has 4 heterocycles. The Labute approximate surface area is 204 Å². The van der Waals surface area contributed by atoms with Crippen LogP contribution >= 0.6 is 23.1 Å². The molecule has 0 aliphatic carbocycles. The van der Waals surface area contributed by atoms with Crippen LogP contribution in [0.2, 0.25) is 0 Å². The van der Waals surface area contributed by atoms with Crippen molar-refractivity contribution >= 4 is 44.3 Å². The molecule has 1 aromatic carbocycles. The van der Waals surface area contributed by atoms with Gasteiger partial charge < -0.3 is 4.42 Å². The van der Waals surface area contributed by atoms with E-state index in [2.05, 4.69) is 4.98 Å². The van der Waals surface area contributed by atoms with Gasteiger partial charge in [0.15, 0.2) is 5.16 Å². The zero-order valence-corrected chi connectivity index (χ0v) is 21.0. The fourth-order valence-corrected chi connectivity index (χ4v) is 6.06. The van der Waals surface area contributed by atoms with Gasteiger partial charge in [0.05, 0.1) is 17.6 Å². The Morgan fingerprint density at radius 2 is 1.88 bits per heavy atom. The van der Waals surface area contributed by atoms with Gasteiger partial charge in [0.2, 0.25) is 0 Å². The van der Waals surface area contributed by atoms with Gasteiger partial charge in [-0.15, -0.1) is 11.3 Å². The SMILES string of the molecule is Cc1ccc2c(CSc3nc4sc(C)c(C)c4c(=O)n3Cc3ccccn3)cc(=O)oc2c1C. The topological polar surface area (TPSA) is 78.0 Å². The zero-order valence-electron chi connectivity index (χ0n) is 19.3. The maximum Gasteiger partial charge on any atom is 0.336 e. The summed E-state index contributed by atoms with van der Waals surface area (Å²) in [7, 11) is 0. The second-order valence-electron chi connectivity index (χ2n) is 8.33. The van der Waals surface area contributed by atoms with Gasteiger partial charge in [0.25, 0.3) is 5.56 Å². The molecule has 0 bridgehead atoms. The minimum absolute atomic E-state index is 0.0658. The predicted octanol–water partition coefficient (Wildman–Crippen LogP) is 5.53. The summed E-state index contributed by atoms with van der Waals surface area (Å²) >= 11 is 2.98. The first kappa shape index (κ1) is 22.6. The van der Waals surface area contributed by atoms with Gasteiger partial charge in [-0.25, -0.2) is 9.78 Å². The van der Waals surface area contributed by atoms with Gasteiger partial charge in [0.1, 0.15) is 10.4 Å². The van der Waals surface area contributed by atoms with E-state index in [0.29, 0.717) is 28.4 Å². The second kappa shape index (κ2) is 8.85. The van der Waals surface area contributed by atoms with Crippen molar-refractivity contribution in [2.75, 3.05) is 0 Å². The summed E-state index contributed by atoms with van der Waals surface area (Å²) in [6.45, 7) is 8.26. The van der Waals surface area contributed by atoms with E-state index < -0.39 is 0 Å². The summed E-state index contributed by atoms with van der Waals surface area (Å²) in [4.78, 5) is 37.0. The molecule has 0 saturated heterocycles. The largest absolute Gasteiger partial charge is 0.422 e. The fraction of sp³-hybridized carbons (Fsp3) is 0.231. The summed E-state index contributed by atoms with van der Waals surface area (Å²) in [5, 5.41) is 2.17. The third-order valence-corrected chi connectivity index (χ3v) is 8.30. The Hall–Kier alpha value is -3.23. The molecular weight excluding hydrogens is 466 g/mol. The van der Waals surface area contributed by atoms with Crippen molar-refractivity contribution in [3.8, 4) is 0 Å². The number of aromatic nitrogens is 3. The molecule has 5 aromatic rings. The Morgan fingerprint density at radius 1 is 1.06 bits per heavy atom. The normalized spacial score (nSPS) is 11.5. The molecule has 6 nitrogen and oxygen atoms in total. The van der Waals surface area contributed by atoms with Crippen molar-refractivity contribution in [3.05, 3.63) is 96.2 Å². The van der Waals surface area contributed by atoms with E-state index in [1.165, 1.54) is 29.2 Å².